The second-order valence-corrected chi connectivity index (χ2v) is 9.55. The molecule has 1 unspecified atom stereocenters. The number of benzene rings is 2. The number of hydrogen-bond donors (Lipinski definition) is 1. The number of nitrogens with zero attached hydrogens (tertiary/aromatic N) is 2. The number of carbonyl (C=O) groups excluding carboxylic acids is 3. The van der Waals surface area contributed by atoms with Crippen molar-refractivity contribution >= 4 is 63.4 Å². The van der Waals surface area contributed by atoms with Crippen LogP contribution in [0, 0.1) is 6.92 Å². The van der Waals surface area contributed by atoms with Crippen molar-refractivity contribution in [3.05, 3.63) is 97.7 Å². The lowest BCUT2D eigenvalue weighted by Crippen LogP contribution is -2.30. The Morgan fingerprint density at radius 1 is 1.17 bits per heavy atom. The quantitative estimate of drug-likeness (QED) is 0.285. The van der Waals surface area contributed by atoms with Gasteiger partial charge in [-0.1, -0.05) is 77.0 Å². The zero-order valence-electron chi connectivity index (χ0n) is 19.2. The number of anilines is 1. The summed E-state index contributed by atoms with van der Waals surface area (Å²) in [5.74, 6) is -2.68. The van der Waals surface area contributed by atoms with E-state index >= 15 is 0 Å². The number of halogens is 2. The highest BCUT2D eigenvalue weighted by atomic mass is 35.5. The molecule has 1 N–H and O–H groups in total. The number of aryl methyl sites for hydroxylation is 1. The first-order valence-electron chi connectivity index (χ1n) is 10.9. The Kier molecular flexibility index (Phi) is 7.59. The van der Waals surface area contributed by atoms with E-state index in [9.17, 15) is 19.5 Å². The van der Waals surface area contributed by atoms with Gasteiger partial charge in [0.1, 0.15) is 4.88 Å². The van der Waals surface area contributed by atoms with Crippen molar-refractivity contribution in [3.63, 3.8) is 0 Å². The first-order chi connectivity index (χ1) is 17.2. The summed E-state index contributed by atoms with van der Waals surface area (Å²) in [7, 11) is 0. The molecule has 0 bridgehead atoms. The van der Waals surface area contributed by atoms with Gasteiger partial charge in [0.25, 0.3) is 5.91 Å². The molecule has 3 aromatic rings. The SMILES string of the molecule is CCOC(=O)c1sc(N2C(=O)C(O)=C(C(=O)C=Cc3ccccc3)C2c2ccc(Cl)c(Cl)c2)nc1C. The van der Waals surface area contributed by atoms with E-state index in [1.807, 2.05) is 30.3 Å². The number of hydrogen-bond acceptors (Lipinski definition) is 7. The van der Waals surface area contributed by atoms with Crippen LogP contribution in [-0.2, 0) is 14.3 Å². The molecule has 1 aromatic heterocycles. The molecule has 0 saturated carbocycles. The van der Waals surface area contributed by atoms with Gasteiger partial charge in [0.2, 0.25) is 0 Å². The monoisotopic (exact) mass is 542 g/mol. The second-order valence-electron chi connectivity index (χ2n) is 7.75. The summed E-state index contributed by atoms with van der Waals surface area (Å²) in [5, 5.41) is 11.5. The summed E-state index contributed by atoms with van der Waals surface area (Å²) in [6.45, 7) is 3.47. The topological polar surface area (TPSA) is 96.8 Å². The number of thiazole rings is 1. The molecule has 0 radical (unpaired) electrons. The van der Waals surface area contributed by atoms with Gasteiger partial charge in [-0.25, -0.2) is 9.78 Å². The molecule has 36 heavy (non-hydrogen) atoms. The number of allylic oxidation sites excluding steroid dienone is 1. The van der Waals surface area contributed by atoms with Gasteiger partial charge in [-0.05, 0) is 43.2 Å². The Morgan fingerprint density at radius 3 is 2.56 bits per heavy atom. The fourth-order valence-electron chi connectivity index (χ4n) is 3.75. The molecule has 4 rings (SSSR count). The van der Waals surface area contributed by atoms with Crippen molar-refractivity contribution in [2.45, 2.75) is 19.9 Å². The van der Waals surface area contributed by atoms with Crippen LogP contribution in [-0.4, -0.2) is 34.4 Å². The molecule has 10 heteroatoms. The summed E-state index contributed by atoms with van der Waals surface area (Å²) in [6.07, 6.45) is 2.88. The molecule has 0 fully saturated rings. The van der Waals surface area contributed by atoms with E-state index in [1.165, 1.54) is 23.1 Å². The van der Waals surface area contributed by atoms with Gasteiger partial charge in [-0.2, -0.15) is 0 Å². The van der Waals surface area contributed by atoms with Crippen molar-refractivity contribution in [2.24, 2.45) is 0 Å². The summed E-state index contributed by atoms with van der Waals surface area (Å²) < 4.78 is 5.08. The van der Waals surface area contributed by atoms with E-state index in [0.29, 0.717) is 11.3 Å². The third-order valence-corrected chi connectivity index (χ3v) is 7.29. The number of aliphatic hydroxyl groups is 1. The molecule has 0 saturated heterocycles. The Labute approximate surface area is 221 Å². The Hall–Kier alpha value is -3.46. The van der Waals surface area contributed by atoms with Gasteiger partial charge >= 0.3 is 5.97 Å². The Morgan fingerprint density at radius 2 is 1.89 bits per heavy atom. The van der Waals surface area contributed by atoms with Crippen LogP contribution in [0.3, 0.4) is 0 Å². The number of ketones is 1. The Balaban J connectivity index is 1.81. The van der Waals surface area contributed by atoms with Crippen LogP contribution < -0.4 is 4.90 Å². The van der Waals surface area contributed by atoms with Gasteiger partial charge in [0.15, 0.2) is 16.7 Å². The van der Waals surface area contributed by atoms with E-state index in [2.05, 4.69) is 4.98 Å². The molecular weight excluding hydrogens is 523 g/mol. The van der Waals surface area contributed by atoms with Crippen LogP contribution in [0.5, 0.6) is 0 Å². The van der Waals surface area contributed by atoms with Crippen LogP contribution in [0.4, 0.5) is 5.13 Å². The van der Waals surface area contributed by atoms with Gasteiger partial charge in [0, 0.05) is 0 Å². The number of ether oxygens (including phenoxy) is 1. The van der Waals surface area contributed by atoms with Crippen LogP contribution >= 0.6 is 34.5 Å². The van der Waals surface area contributed by atoms with Crippen LogP contribution in [0.2, 0.25) is 10.0 Å². The number of carbonyl (C=O) groups is 3. The molecule has 1 amide bonds. The number of esters is 1. The molecule has 1 aliphatic heterocycles. The maximum Gasteiger partial charge on any atom is 0.350 e. The van der Waals surface area contributed by atoms with Gasteiger partial charge in [-0.3, -0.25) is 14.5 Å². The highest BCUT2D eigenvalue weighted by molar-refractivity contribution is 7.17. The fourth-order valence-corrected chi connectivity index (χ4v) is 5.04. The zero-order chi connectivity index (χ0) is 26.0. The fraction of sp³-hybridized carbons (Fsp3) is 0.154. The average molecular weight is 543 g/mol. The van der Waals surface area contributed by atoms with Gasteiger partial charge in [0.05, 0.1) is 34.0 Å². The number of aliphatic hydroxyl groups excluding tert-OH is 1. The smallest absolute Gasteiger partial charge is 0.350 e. The van der Waals surface area contributed by atoms with Crippen LogP contribution in [0.25, 0.3) is 6.08 Å². The maximum absolute atomic E-state index is 13.3. The minimum Gasteiger partial charge on any atom is -0.503 e. The Bertz CT molecular complexity index is 1410. The van der Waals surface area contributed by atoms with Gasteiger partial charge < -0.3 is 9.84 Å². The lowest BCUT2D eigenvalue weighted by atomic mass is 9.96. The van der Waals surface area contributed by atoms with E-state index in [4.69, 9.17) is 27.9 Å². The highest BCUT2D eigenvalue weighted by Gasteiger charge is 2.45. The first-order valence-corrected chi connectivity index (χ1v) is 12.4. The third-order valence-electron chi connectivity index (χ3n) is 5.41. The second kappa shape index (κ2) is 10.7. The third kappa shape index (κ3) is 4.93. The highest BCUT2D eigenvalue weighted by Crippen LogP contribution is 2.44. The maximum atomic E-state index is 13.3. The normalized spacial score (nSPS) is 15.7. The molecule has 7 nitrogen and oxygen atoms in total. The van der Waals surface area contributed by atoms with Crippen molar-refractivity contribution in [2.75, 3.05) is 11.5 Å². The van der Waals surface area contributed by atoms with E-state index in [-0.39, 0.29) is 32.2 Å². The predicted molar refractivity (Wildman–Crippen MR) is 140 cm³/mol. The summed E-state index contributed by atoms with van der Waals surface area (Å²) in [6, 6.07) is 12.7. The van der Waals surface area contributed by atoms with Crippen molar-refractivity contribution in [1.82, 2.24) is 4.98 Å². The van der Waals surface area contributed by atoms with E-state index in [1.54, 1.807) is 26.0 Å². The minimum absolute atomic E-state index is 0.123. The van der Waals surface area contributed by atoms with E-state index < -0.39 is 29.5 Å². The number of aromatic nitrogens is 1. The standard InChI is InChI=1S/C26H20Cl2N2O5S/c1-3-35-25(34)23-14(2)29-26(36-23)30-21(16-10-11-17(27)18(28)13-16)20(22(32)24(30)33)19(31)12-9-15-7-5-4-6-8-15/h4-13,21,32H,3H2,1-2H3. The molecule has 2 aromatic carbocycles. The molecule has 2 heterocycles. The number of amides is 1. The largest absolute Gasteiger partial charge is 0.503 e. The molecule has 1 aliphatic rings. The molecule has 1 atom stereocenters. The summed E-state index contributed by atoms with van der Waals surface area (Å²) in [4.78, 5) is 44.7. The molecule has 184 valence electrons. The van der Waals surface area contributed by atoms with Crippen LogP contribution in [0.1, 0.15) is 39.5 Å². The van der Waals surface area contributed by atoms with Crippen molar-refractivity contribution < 1.29 is 24.2 Å². The lowest BCUT2D eigenvalue weighted by molar-refractivity contribution is -0.117. The van der Waals surface area contributed by atoms with Gasteiger partial charge in [-0.15, -0.1) is 0 Å². The summed E-state index contributed by atoms with van der Waals surface area (Å²) in [5.41, 5.74) is 1.42. The van der Waals surface area contributed by atoms with E-state index in [0.717, 1.165) is 16.9 Å². The van der Waals surface area contributed by atoms with Crippen LogP contribution in [0.15, 0.2) is 65.9 Å². The molecular formula is C26H20Cl2N2O5S. The minimum atomic E-state index is -1.05. The van der Waals surface area contributed by atoms with Crippen molar-refractivity contribution in [1.29, 1.82) is 0 Å². The molecule has 0 aliphatic carbocycles. The molecule has 0 spiro atoms. The first kappa shape index (κ1) is 25.6. The number of rotatable bonds is 7. The summed E-state index contributed by atoms with van der Waals surface area (Å²) >= 11 is 13.3. The van der Waals surface area contributed by atoms with Crippen molar-refractivity contribution in [3.8, 4) is 0 Å². The average Bonchev–Trinajstić information content (AvgIpc) is 3.37. The lowest BCUT2D eigenvalue weighted by Gasteiger charge is -2.24. The zero-order valence-corrected chi connectivity index (χ0v) is 21.5. The predicted octanol–water partition coefficient (Wildman–Crippen LogP) is 6.12.